The standard InChI is InChI=1S/C12H20N2O2/c1-14(7-10-3-4-16-8-10)12(9-13)5-11(6-12)15-2/h3-4,8,11H,5-7,9,13H2,1-2H3. The van der Waals surface area contributed by atoms with Crippen LogP contribution in [0.5, 0.6) is 0 Å². The van der Waals surface area contributed by atoms with Crippen molar-refractivity contribution < 1.29 is 9.15 Å². The van der Waals surface area contributed by atoms with Gasteiger partial charge in [-0.1, -0.05) is 0 Å². The molecule has 90 valence electrons. The number of likely N-dealkylation sites (N-methyl/N-ethyl adjacent to an activating group) is 1. The number of nitrogens with two attached hydrogens (primary N) is 1. The third-order valence-corrected chi connectivity index (χ3v) is 3.74. The van der Waals surface area contributed by atoms with E-state index in [0.29, 0.717) is 12.6 Å². The van der Waals surface area contributed by atoms with Gasteiger partial charge in [-0.05, 0) is 26.0 Å². The molecule has 0 bridgehead atoms. The number of ether oxygens (including phenoxy) is 1. The van der Waals surface area contributed by atoms with Gasteiger partial charge >= 0.3 is 0 Å². The molecule has 1 aromatic rings. The Morgan fingerprint density at radius 1 is 1.62 bits per heavy atom. The lowest BCUT2D eigenvalue weighted by molar-refractivity contribution is -0.0811. The average Bonchev–Trinajstić information content (AvgIpc) is 2.70. The van der Waals surface area contributed by atoms with Crippen molar-refractivity contribution in [3.05, 3.63) is 24.2 Å². The van der Waals surface area contributed by atoms with E-state index in [-0.39, 0.29) is 5.54 Å². The summed E-state index contributed by atoms with van der Waals surface area (Å²) in [5.41, 5.74) is 7.19. The van der Waals surface area contributed by atoms with E-state index in [1.54, 1.807) is 19.6 Å². The van der Waals surface area contributed by atoms with Crippen molar-refractivity contribution in [1.82, 2.24) is 4.90 Å². The van der Waals surface area contributed by atoms with Gasteiger partial charge in [0.05, 0.1) is 18.6 Å². The minimum Gasteiger partial charge on any atom is -0.472 e. The van der Waals surface area contributed by atoms with E-state index >= 15 is 0 Å². The largest absolute Gasteiger partial charge is 0.472 e. The summed E-state index contributed by atoms with van der Waals surface area (Å²) in [4.78, 5) is 2.31. The fourth-order valence-corrected chi connectivity index (χ4v) is 2.41. The Hall–Kier alpha value is -0.840. The predicted octanol–water partition coefficient (Wildman–Crippen LogP) is 1.22. The topological polar surface area (TPSA) is 51.6 Å². The molecule has 2 rings (SSSR count). The quantitative estimate of drug-likeness (QED) is 0.817. The van der Waals surface area contributed by atoms with Crippen LogP contribution in [-0.2, 0) is 11.3 Å². The third kappa shape index (κ3) is 2.00. The highest BCUT2D eigenvalue weighted by Gasteiger charge is 2.46. The first kappa shape index (κ1) is 11.6. The van der Waals surface area contributed by atoms with Crippen molar-refractivity contribution in [3.63, 3.8) is 0 Å². The SMILES string of the molecule is COC1CC(CN)(N(C)Cc2ccoc2)C1. The highest BCUT2D eigenvalue weighted by Crippen LogP contribution is 2.38. The van der Waals surface area contributed by atoms with Crippen molar-refractivity contribution in [2.45, 2.75) is 31.0 Å². The van der Waals surface area contributed by atoms with Gasteiger partial charge in [0.15, 0.2) is 0 Å². The molecule has 1 heterocycles. The minimum absolute atomic E-state index is 0.109. The maximum atomic E-state index is 5.89. The molecule has 0 aromatic carbocycles. The zero-order valence-electron chi connectivity index (χ0n) is 9.98. The molecule has 0 amide bonds. The van der Waals surface area contributed by atoms with Crippen molar-refractivity contribution in [2.24, 2.45) is 5.73 Å². The van der Waals surface area contributed by atoms with Crippen LogP contribution in [0.1, 0.15) is 18.4 Å². The number of rotatable bonds is 5. The number of hydrogen-bond acceptors (Lipinski definition) is 4. The summed E-state index contributed by atoms with van der Waals surface area (Å²) in [7, 11) is 3.88. The van der Waals surface area contributed by atoms with E-state index in [0.717, 1.165) is 19.4 Å². The normalized spacial score (nSPS) is 29.4. The summed E-state index contributed by atoms with van der Waals surface area (Å²) in [6.45, 7) is 1.56. The average molecular weight is 224 g/mol. The Labute approximate surface area is 96.4 Å². The molecule has 0 radical (unpaired) electrons. The summed E-state index contributed by atoms with van der Waals surface area (Å²) >= 11 is 0. The fourth-order valence-electron chi connectivity index (χ4n) is 2.41. The van der Waals surface area contributed by atoms with Gasteiger partial charge in [-0.25, -0.2) is 0 Å². The molecule has 16 heavy (non-hydrogen) atoms. The van der Waals surface area contributed by atoms with Crippen molar-refractivity contribution in [3.8, 4) is 0 Å². The number of hydrogen-bond donors (Lipinski definition) is 1. The molecule has 1 aliphatic rings. The van der Waals surface area contributed by atoms with E-state index < -0.39 is 0 Å². The molecule has 1 aliphatic carbocycles. The summed E-state index contributed by atoms with van der Waals surface area (Å²) < 4.78 is 10.4. The van der Waals surface area contributed by atoms with Crippen LogP contribution in [0, 0.1) is 0 Å². The van der Waals surface area contributed by atoms with Crippen LogP contribution in [0.4, 0.5) is 0 Å². The zero-order valence-corrected chi connectivity index (χ0v) is 9.98. The van der Waals surface area contributed by atoms with Crippen molar-refractivity contribution in [1.29, 1.82) is 0 Å². The molecule has 1 aromatic heterocycles. The lowest BCUT2D eigenvalue weighted by Crippen LogP contribution is -2.62. The van der Waals surface area contributed by atoms with Gasteiger partial charge in [0, 0.05) is 31.3 Å². The van der Waals surface area contributed by atoms with Crippen LogP contribution in [0.3, 0.4) is 0 Å². The maximum absolute atomic E-state index is 5.89. The minimum atomic E-state index is 0.109. The Kier molecular flexibility index (Phi) is 3.33. The predicted molar refractivity (Wildman–Crippen MR) is 62.0 cm³/mol. The van der Waals surface area contributed by atoms with E-state index in [4.69, 9.17) is 14.9 Å². The molecular formula is C12H20N2O2. The molecule has 1 fully saturated rings. The molecule has 0 unspecified atom stereocenters. The number of methoxy groups -OCH3 is 1. The number of nitrogens with zero attached hydrogens (tertiary/aromatic N) is 1. The molecule has 4 heteroatoms. The molecule has 0 saturated heterocycles. The second kappa shape index (κ2) is 4.57. The lowest BCUT2D eigenvalue weighted by Gasteiger charge is -2.52. The maximum Gasteiger partial charge on any atom is 0.0947 e. The van der Waals surface area contributed by atoms with Crippen LogP contribution in [0.25, 0.3) is 0 Å². The fraction of sp³-hybridized carbons (Fsp3) is 0.667. The van der Waals surface area contributed by atoms with Crippen molar-refractivity contribution >= 4 is 0 Å². The molecule has 0 atom stereocenters. The second-order valence-corrected chi connectivity index (χ2v) is 4.68. The lowest BCUT2D eigenvalue weighted by atomic mass is 9.73. The van der Waals surface area contributed by atoms with Gasteiger partial charge in [0.1, 0.15) is 0 Å². The van der Waals surface area contributed by atoms with Crippen LogP contribution in [-0.4, -0.2) is 37.2 Å². The van der Waals surface area contributed by atoms with E-state index in [1.807, 2.05) is 6.07 Å². The van der Waals surface area contributed by atoms with E-state index in [1.165, 1.54) is 5.56 Å². The van der Waals surface area contributed by atoms with Gasteiger partial charge in [-0.3, -0.25) is 4.90 Å². The first-order valence-electron chi connectivity index (χ1n) is 5.65. The van der Waals surface area contributed by atoms with Crippen LogP contribution < -0.4 is 5.73 Å². The summed E-state index contributed by atoms with van der Waals surface area (Å²) in [6.07, 6.45) is 5.91. The van der Waals surface area contributed by atoms with Crippen LogP contribution in [0.2, 0.25) is 0 Å². The second-order valence-electron chi connectivity index (χ2n) is 4.68. The molecule has 0 spiro atoms. The van der Waals surface area contributed by atoms with E-state index in [9.17, 15) is 0 Å². The Morgan fingerprint density at radius 2 is 2.38 bits per heavy atom. The van der Waals surface area contributed by atoms with Gasteiger partial charge in [0.25, 0.3) is 0 Å². The monoisotopic (exact) mass is 224 g/mol. The molecule has 0 aliphatic heterocycles. The highest BCUT2D eigenvalue weighted by molar-refractivity contribution is 5.09. The summed E-state index contributed by atoms with van der Waals surface area (Å²) in [6, 6.07) is 1.99. The van der Waals surface area contributed by atoms with Gasteiger partial charge in [-0.15, -0.1) is 0 Å². The van der Waals surface area contributed by atoms with E-state index in [2.05, 4.69) is 11.9 Å². The molecule has 2 N–H and O–H groups in total. The molecular weight excluding hydrogens is 204 g/mol. The van der Waals surface area contributed by atoms with Gasteiger partial charge in [-0.2, -0.15) is 0 Å². The summed E-state index contributed by atoms with van der Waals surface area (Å²) in [5, 5.41) is 0. The third-order valence-electron chi connectivity index (χ3n) is 3.74. The summed E-state index contributed by atoms with van der Waals surface area (Å²) in [5.74, 6) is 0. The van der Waals surface area contributed by atoms with Crippen LogP contribution >= 0.6 is 0 Å². The van der Waals surface area contributed by atoms with Gasteiger partial charge < -0.3 is 14.9 Å². The van der Waals surface area contributed by atoms with Gasteiger partial charge in [0.2, 0.25) is 0 Å². The van der Waals surface area contributed by atoms with Crippen molar-refractivity contribution in [2.75, 3.05) is 20.7 Å². The first-order valence-corrected chi connectivity index (χ1v) is 5.65. The smallest absolute Gasteiger partial charge is 0.0947 e. The Bertz CT molecular complexity index is 318. The Morgan fingerprint density at radius 3 is 2.88 bits per heavy atom. The highest BCUT2D eigenvalue weighted by atomic mass is 16.5. The first-order chi connectivity index (χ1) is 7.70. The Balaban J connectivity index is 1.95. The van der Waals surface area contributed by atoms with Crippen LogP contribution in [0.15, 0.2) is 23.0 Å². The number of furan rings is 1. The molecule has 1 saturated carbocycles. The molecule has 4 nitrogen and oxygen atoms in total. The zero-order chi connectivity index (χ0) is 11.6.